The van der Waals surface area contributed by atoms with Gasteiger partial charge < -0.3 is 10.6 Å². The summed E-state index contributed by atoms with van der Waals surface area (Å²) in [5.74, 6) is -3.72. The molecule has 1 aromatic carbocycles. The fourth-order valence-electron chi connectivity index (χ4n) is 3.58. The number of nitrogens with zero attached hydrogens (tertiary/aromatic N) is 3. The lowest BCUT2D eigenvalue weighted by Gasteiger charge is -2.30. The Labute approximate surface area is 166 Å². The van der Waals surface area contributed by atoms with Crippen molar-refractivity contribution in [1.29, 1.82) is 0 Å². The van der Waals surface area contributed by atoms with E-state index in [9.17, 15) is 22.8 Å². The minimum absolute atomic E-state index is 0.0356. The Bertz CT molecular complexity index is 873. The number of likely N-dealkylation sites (tertiary alicyclic amines) is 1. The molecule has 1 aliphatic heterocycles. The molecule has 9 heteroatoms. The fraction of sp³-hybridized carbons (Fsp3) is 0.450. The van der Waals surface area contributed by atoms with Crippen molar-refractivity contribution in [2.45, 2.75) is 50.7 Å². The Morgan fingerprint density at radius 1 is 1.21 bits per heavy atom. The predicted molar refractivity (Wildman–Crippen MR) is 99.2 cm³/mol. The van der Waals surface area contributed by atoms with Crippen LogP contribution in [0, 0.1) is 17.5 Å². The summed E-state index contributed by atoms with van der Waals surface area (Å²) in [6.45, 7) is 0.674. The molecule has 1 saturated heterocycles. The van der Waals surface area contributed by atoms with Gasteiger partial charge in [-0.05, 0) is 37.0 Å². The van der Waals surface area contributed by atoms with Gasteiger partial charge in [0.2, 0.25) is 5.91 Å². The van der Waals surface area contributed by atoms with Crippen molar-refractivity contribution in [3.63, 3.8) is 0 Å². The van der Waals surface area contributed by atoms with Gasteiger partial charge >= 0.3 is 0 Å². The van der Waals surface area contributed by atoms with Crippen molar-refractivity contribution in [2.75, 3.05) is 6.54 Å². The van der Waals surface area contributed by atoms with Crippen LogP contribution in [0.2, 0.25) is 0 Å². The van der Waals surface area contributed by atoms with E-state index in [1.54, 1.807) is 23.1 Å². The van der Waals surface area contributed by atoms with Gasteiger partial charge in [0.15, 0.2) is 17.4 Å². The first-order valence-electron chi connectivity index (χ1n) is 9.53. The smallest absolute Gasteiger partial charge is 0.224 e. The maximum Gasteiger partial charge on any atom is 0.224 e. The molecule has 2 heterocycles. The van der Waals surface area contributed by atoms with Crippen molar-refractivity contribution in [1.82, 2.24) is 14.7 Å². The lowest BCUT2D eigenvalue weighted by molar-refractivity contribution is -0.139. The summed E-state index contributed by atoms with van der Waals surface area (Å²) in [5.41, 5.74) is 5.90. The molecular formula is C20H23F3N4O2. The Kier molecular flexibility index (Phi) is 6.68. The second-order valence-corrected chi connectivity index (χ2v) is 7.28. The standard InChI is InChI=1S/C20H23F3N4O2/c21-15-11-17(23)16(22)9-13(15)8-14(24)10-20(29)27-7-2-1-4-19(28)18(27)12-26-6-3-5-25-26/h3,5-6,9,11,14,18H,1-2,4,7-8,10,12,24H2/t14-,18-/m1/s1. The van der Waals surface area contributed by atoms with Gasteiger partial charge in [0.25, 0.3) is 0 Å². The molecular weight excluding hydrogens is 385 g/mol. The van der Waals surface area contributed by atoms with Crippen LogP contribution in [-0.4, -0.2) is 45.0 Å². The van der Waals surface area contributed by atoms with E-state index in [1.165, 1.54) is 4.90 Å². The highest BCUT2D eigenvalue weighted by atomic mass is 19.2. The second-order valence-electron chi connectivity index (χ2n) is 7.28. The molecule has 0 unspecified atom stereocenters. The third-order valence-electron chi connectivity index (χ3n) is 5.07. The molecule has 3 rings (SSSR count). The molecule has 0 radical (unpaired) electrons. The number of amides is 1. The Balaban J connectivity index is 1.69. The van der Waals surface area contributed by atoms with Crippen LogP contribution >= 0.6 is 0 Å². The molecule has 2 atom stereocenters. The van der Waals surface area contributed by atoms with Crippen molar-refractivity contribution in [3.8, 4) is 0 Å². The first-order valence-corrected chi connectivity index (χ1v) is 9.53. The number of carbonyl (C=O) groups excluding carboxylic acids is 2. The molecule has 29 heavy (non-hydrogen) atoms. The van der Waals surface area contributed by atoms with Gasteiger partial charge in [0.1, 0.15) is 11.9 Å². The fourth-order valence-corrected chi connectivity index (χ4v) is 3.58. The minimum Gasteiger partial charge on any atom is -0.331 e. The third-order valence-corrected chi connectivity index (χ3v) is 5.07. The number of carbonyl (C=O) groups is 2. The highest BCUT2D eigenvalue weighted by molar-refractivity contribution is 5.89. The van der Waals surface area contributed by atoms with Crippen LogP contribution in [0.4, 0.5) is 13.2 Å². The molecule has 1 aliphatic rings. The first-order chi connectivity index (χ1) is 13.8. The third kappa shape index (κ3) is 5.23. The quantitative estimate of drug-likeness (QED) is 0.743. The van der Waals surface area contributed by atoms with Gasteiger partial charge in [-0.2, -0.15) is 5.10 Å². The van der Waals surface area contributed by atoms with E-state index in [2.05, 4.69) is 5.10 Å². The SMILES string of the molecule is N[C@@H](CC(=O)N1CCCCC(=O)[C@H]1Cn1cccn1)Cc1cc(F)c(F)cc1F. The summed E-state index contributed by atoms with van der Waals surface area (Å²) < 4.78 is 41.9. The molecule has 0 saturated carbocycles. The number of Topliss-reactive ketones (excluding diaryl/α,β-unsaturated/α-hetero) is 1. The van der Waals surface area contributed by atoms with Crippen molar-refractivity contribution in [2.24, 2.45) is 5.73 Å². The number of benzene rings is 1. The molecule has 0 bridgehead atoms. The van der Waals surface area contributed by atoms with Crippen molar-refractivity contribution < 1.29 is 22.8 Å². The zero-order valence-corrected chi connectivity index (χ0v) is 15.9. The van der Waals surface area contributed by atoms with E-state index in [1.807, 2.05) is 0 Å². The number of halogens is 3. The Hall–Kier alpha value is -2.68. The van der Waals surface area contributed by atoms with E-state index < -0.39 is 29.5 Å². The zero-order chi connectivity index (χ0) is 21.0. The summed E-state index contributed by atoms with van der Waals surface area (Å²) in [4.78, 5) is 26.9. The number of nitrogens with two attached hydrogens (primary N) is 1. The molecule has 1 fully saturated rings. The molecule has 2 aromatic rings. The van der Waals surface area contributed by atoms with E-state index in [0.29, 0.717) is 31.9 Å². The molecule has 2 N–H and O–H groups in total. The average Bonchev–Trinajstić information content (AvgIpc) is 3.10. The number of hydrogen-bond acceptors (Lipinski definition) is 4. The monoisotopic (exact) mass is 408 g/mol. The highest BCUT2D eigenvalue weighted by Gasteiger charge is 2.32. The molecule has 0 spiro atoms. The van der Waals surface area contributed by atoms with Gasteiger partial charge in [0.05, 0.1) is 6.54 Å². The normalized spacial score (nSPS) is 18.6. The topological polar surface area (TPSA) is 81.2 Å². The summed E-state index contributed by atoms with van der Waals surface area (Å²) in [5, 5.41) is 4.10. The molecule has 1 amide bonds. The van der Waals surface area contributed by atoms with Crippen LogP contribution < -0.4 is 5.73 Å². The van der Waals surface area contributed by atoms with Crippen LogP contribution in [-0.2, 0) is 22.6 Å². The lowest BCUT2D eigenvalue weighted by Crippen LogP contribution is -2.48. The van der Waals surface area contributed by atoms with Gasteiger partial charge in [-0.1, -0.05) is 0 Å². The van der Waals surface area contributed by atoms with Crippen molar-refractivity contribution >= 4 is 11.7 Å². The second kappa shape index (κ2) is 9.21. The predicted octanol–water partition coefficient (Wildman–Crippen LogP) is 2.21. The van der Waals surface area contributed by atoms with E-state index in [4.69, 9.17) is 5.73 Å². The van der Waals surface area contributed by atoms with Crippen LogP contribution in [0.25, 0.3) is 0 Å². The maximum absolute atomic E-state index is 13.8. The van der Waals surface area contributed by atoms with Crippen LogP contribution in [0.1, 0.15) is 31.2 Å². The Morgan fingerprint density at radius 3 is 2.69 bits per heavy atom. The van der Waals surface area contributed by atoms with Gasteiger partial charge in [-0.15, -0.1) is 0 Å². The van der Waals surface area contributed by atoms with Crippen LogP contribution in [0.3, 0.4) is 0 Å². The molecule has 156 valence electrons. The summed E-state index contributed by atoms with van der Waals surface area (Å²) >= 11 is 0. The summed E-state index contributed by atoms with van der Waals surface area (Å²) in [7, 11) is 0. The van der Waals surface area contributed by atoms with Gasteiger partial charge in [0, 0.05) is 43.9 Å². The van der Waals surface area contributed by atoms with Gasteiger partial charge in [-0.3, -0.25) is 14.3 Å². The Morgan fingerprint density at radius 2 is 1.97 bits per heavy atom. The zero-order valence-electron chi connectivity index (χ0n) is 15.9. The molecule has 0 aliphatic carbocycles. The number of rotatable bonds is 6. The van der Waals surface area contributed by atoms with Crippen LogP contribution in [0.15, 0.2) is 30.6 Å². The average molecular weight is 408 g/mol. The van der Waals surface area contributed by atoms with Gasteiger partial charge in [-0.25, -0.2) is 13.2 Å². The largest absolute Gasteiger partial charge is 0.331 e. The summed E-state index contributed by atoms with van der Waals surface area (Å²) in [6.07, 6.45) is 4.84. The maximum atomic E-state index is 13.8. The van der Waals surface area contributed by atoms with Crippen LogP contribution in [0.5, 0.6) is 0 Å². The van der Waals surface area contributed by atoms with Crippen molar-refractivity contribution in [3.05, 3.63) is 53.6 Å². The number of hydrogen-bond donors (Lipinski definition) is 1. The number of aromatic nitrogens is 2. The number of ketones is 1. The molecule has 1 aromatic heterocycles. The molecule has 6 nitrogen and oxygen atoms in total. The lowest BCUT2D eigenvalue weighted by atomic mass is 10.0. The highest BCUT2D eigenvalue weighted by Crippen LogP contribution is 2.19. The minimum atomic E-state index is -1.28. The van der Waals surface area contributed by atoms with E-state index >= 15 is 0 Å². The first kappa shape index (κ1) is 21.0. The van der Waals surface area contributed by atoms with E-state index in [-0.39, 0.29) is 36.6 Å². The summed E-state index contributed by atoms with van der Waals surface area (Å²) in [6, 6.07) is 1.51. The van der Waals surface area contributed by atoms with E-state index in [0.717, 1.165) is 6.07 Å².